The molecule has 0 radical (unpaired) electrons. The first-order valence-electron chi connectivity index (χ1n) is 6.02. The highest BCUT2D eigenvalue weighted by atomic mass is 16.4. The van der Waals surface area contributed by atoms with Gasteiger partial charge in [-0.2, -0.15) is 0 Å². The molecule has 0 fully saturated rings. The summed E-state index contributed by atoms with van der Waals surface area (Å²) in [5.74, 6) is -0.864. The first-order valence-corrected chi connectivity index (χ1v) is 6.02. The number of hydrogen-bond donors (Lipinski definition) is 1. The van der Waals surface area contributed by atoms with E-state index in [1.165, 1.54) is 5.56 Å². The van der Waals surface area contributed by atoms with Crippen molar-refractivity contribution in [2.24, 2.45) is 0 Å². The van der Waals surface area contributed by atoms with Crippen molar-refractivity contribution in [3.05, 3.63) is 35.5 Å². The molecule has 3 nitrogen and oxygen atoms in total. The number of carbonyl (C=O) groups is 1. The number of aromatic nitrogens is 1. The second-order valence-corrected chi connectivity index (χ2v) is 4.24. The summed E-state index contributed by atoms with van der Waals surface area (Å²) in [6.45, 7) is 5.21. The van der Waals surface area contributed by atoms with Crippen molar-refractivity contribution in [2.45, 2.75) is 33.2 Å². The molecule has 1 aromatic heterocycles. The van der Waals surface area contributed by atoms with E-state index in [4.69, 9.17) is 5.11 Å². The summed E-state index contributed by atoms with van der Waals surface area (Å²) in [6, 6.07) is 5.37. The Balaban J connectivity index is 2.63. The number of carboxylic acid groups (broad SMARTS) is 1. The lowest BCUT2D eigenvalue weighted by Crippen LogP contribution is -1.97. The fourth-order valence-corrected chi connectivity index (χ4v) is 2.21. The standard InChI is InChI=1S/C14H17NO2/c1-3-7-15-9-10(4-2)12-8-11(14(16)17)5-6-13(12)15/h5-6,8-9H,3-4,7H2,1-2H3,(H,16,17). The van der Waals surface area contributed by atoms with Crippen LogP contribution in [0.5, 0.6) is 0 Å². The highest BCUT2D eigenvalue weighted by molar-refractivity contribution is 5.95. The zero-order valence-corrected chi connectivity index (χ0v) is 10.2. The van der Waals surface area contributed by atoms with Gasteiger partial charge in [0.15, 0.2) is 0 Å². The molecule has 0 amide bonds. The van der Waals surface area contributed by atoms with E-state index in [1.54, 1.807) is 12.1 Å². The van der Waals surface area contributed by atoms with Gasteiger partial charge in [-0.3, -0.25) is 0 Å². The van der Waals surface area contributed by atoms with Crippen molar-refractivity contribution in [3.8, 4) is 0 Å². The Morgan fingerprint density at radius 2 is 2.12 bits per heavy atom. The molecule has 0 aliphatic heterocycles. The summed E-state index contributed by atoms with van der Waals surface area (Å²) >= 11 is 0. The minimum Gasteiger partial charge on any atom is -0.478 e. The van der Waals surface area contributed by atoms with Crippen molar-refractivity contribution in [1.29, 1.82) is 0 Å². The highest BCUT2D eigenvalue weighted by Crippen LogP contribution is 2.23. The van der Waals surface area contributed by atoms with Crippen molar-refractivity contribution >= 4 is 16.9 Å². The number of fused-ring (bicyclic) bond motifs is 1. The van der Waals surface area contributed by atoms with Gasteiger partial charge in [-0.1, -0.05) is 13.8 Å². The molecule has 1 heterocycles. The fourth-order valence-electron chi connectivity index (χ4n) is 2.21. The smallest absolute Gasteiger partial charge is 0.335 e. The lowest BCUT2D eigenvalue weighted by Gasteiger charge is -2.02. The summed E-state index contributed by atoms with van der Waals surface area (Å²) in [4.78, 5) is 11.0. The van der Waals surface area contributed by atoms with Crippen LogP contribution in [0.1, 0.15) is 36.2 Å². The molecule has 0 unspecified atom stereocenters. The van der Waals surface area contributed by atoms with Crippen LogP contribution in [0.15, 0.2) is 24.4 Å². The van der Waals surface area contributed by atoms with E-state index in [0.717, 1.165) is 30.3 Å². The molecule has 0 atom stereocenters. The lowest BCUT2D eigenvalue weighted by atomic mass is 10.1. The van der Waals surface area contributed by atoms with Gasteiger partial charge in [0.25, 0.3) is 0 Å². The summed E-state index contributed by atoms with van der Waals surface area (Å²) < 4.78 is 2.21. The van der Waals surface area contributed by atoms with Crippen LogP contribution in [-0.2, 0) is 13.0 Å². The predicted molar refractivity (Wildman–Crippen MR) is 68.6 cm³/mol. The van der Waals surface area contributed by atoms with Gasteiger partial charge in [0.1, 0.15) is 0 Å². The molecule has 90 valence electrons. The third-order valence-corrected chi connectivity index (χ3v) is 3.06. The van der Waals surface area contributed by atoms with E-state index >= 15 is 0 Å². The Morgan fingerprint density at radius 1 is 1.35 bits per heavy atom. The van der Waals surface area contributed by atoms with E-state index in [2.05, 4.69) is 24.6 Å². The lowest BCUT2D eigenvalue weighted by molar-refractivity contribution is 0.0697. The van der Waals surface area contributed by atoms with Crippen molar-refractivity contribution in [3.63, 3.8) is 0 Å². The number of benzene rings is 1. The van der Waals surface area contributed by atoms with E-state index in [1.807, 2.05) is 6.07 Å². The number of hydrogen-bond acceptors (Lipinski definition) is 1. The molecule has 0 spiro atoms. The van der Waals surface area contributed by atoms with Crippen LogP contribution in [0.3, 0.4) is 0 Å². The molecule has 0 aliphatic rings. The molecule has 1 aromatic carbocycles. The maximum atomic E-state index is 11.0. The van der Waals surface area contributed by atoms with Crippen molar-refractivity contribution in [1.82, 2.24) is 4.57 Å². The first kappa shape index (κ1) is 11.7. The summed E-state index contributed by atoms with van der Waals surface area (Å²) in [5.41, 5.74) is 2.71. The molecule has 0 saturated heterocycles. The maximum absolute atomic E-state index is 11.0. The van der Waals surface area contributed by atoms with Gasteiger partial charge in [0.2, 0.25) is 0 Å². The topological polar surface area (TPSA) is 42.2 Å². The second-order valence-electron chi connectivity index (χ2n) is 4.24. The van der Waals surface area contributed by atoms with Crippen LogP contribution in [0, 0.1) is 0 Å². The minimum atomic E-state index is -0.864. The van der Waals surface area contributed by atoms with Crippen LogP contribution >= 0.6 is 0 Å². The number of aryl methyl sites for hydroxylation is 2. The third kappa shape index (κ3) is 2.05. The van der Waals surface area contributed by atoms with E-state index in [0.29, 0.717) is 5.56 Å². The van der Waals surface area contributed by atoms with Gasteiger partial charge in [-0.15, -0.1) is 0 Å². The van der Waals surface area contributed by atoms with Crippen LogP contribution in [-0.4, -0.2) is 15.6 Å². The number of nitrogens with zero attached hydrogens (tertiary/aromatic N) is 1. The summed E-state index contributed by atoms with van der Waals surface area (Å²) in [5, 5.41) is 10.1. The van der Waals surface area contributed by atoms with Gasteiger partial charge < -0.3 is 9.67 Å². The molecule has 1 N–H and O–H groups in total. The third-order valence-electron chi connectivity index (χ3n) is 3.06. The quantitative estimate of drug-likeness (QED) is 0.877. The van der Waals surface area contributed by atoms with Gasteiger partial charge >= 0.3 is 5.97 Å². The van der Waals surface area contributed by atoms with Crippen LogP contribution in [0.2, 0.25) is 0 Å². The highest BCUT2D eigenvalue weighted by Gasteiger charge is 2.10. The van der Waals surface area contributed by atoms with Crippen LogP contribution in [0.4, 0.5) is 0 Å². The molecule has 0 aliphatic carbocycles. The zero-order chi connectivity index (χ0) is 12.4. The zero-order valence-electron chi connectivity index (χ0n) is 10.2. The average Bonchev–Trinajstić information content (AvgIpc) is 2.67. The molecule has 3 heteroatoms. The fraction of sp³-hybridized carbons (Fsp3) is 0.357. The average molecular weight is 231 g/mol. The molecular weight excluding hydrogens is 214 g/mol. The first-order chi connectivity index (χ1) is 8.17. The monoisotopic (exact) mass is 231 g/mol. The normalized spacial score (nSPS) is 10.9. The maximum Gasteiger partial charge on any atom is 0.335 e. The van der Waals surface area contributed by atoms with Gasteiger partial charge in [-0.05, 0) is 36.6 Å². The van der Waals surface area contributed by atoms with Gasteiger partial charge in [0.05, 0.1) is 5.56 Å². The van der Waals surface area contributed by atoms with Crippen LogP contribution in [0.25, 0.3) is 10.9 Å². The van der Waals surface area contributed by atoms with E-state index < -0.39 is 5.97 Å². The molecular formula is C14H17NO2. The van der Waals surface area contributed by atoms with Crippen molar-refractivity contribution in [2.75, 3.05) is 0 Å². The second kappa shape index (κ2) is 4.62. The minimum absolute atomic E-state index is 0.362. The Hall–Kier alpha value is -1.77. The molecule has 0 saturated carbocycles. The molecule has 2 rings (SSSR count). The predicted octanol–water partition coefficient (Wildman–Crippen LogP) is 3.31. The van der Waals surface area contributed by atoms with Crippen molar-refractivity contribution < 1.29 is 9.90 Å². The summed E-state index contributed by atoms with van der Waals surface area (Å²) in [7, 11) is 0. The Bertz CT molecular complexity index is 555. The van der Waals surface area contributed by atoms with E-state index in [-0.39, 0.29) is 0 Å². The Labute approximate surface area is 101 Å². The Morgan fingerprint density at radius 3 is 2.71 bits per heavy atom. The summed E-state index contributed by atoms with van der Waals surface area (Å²) in [6.07, 6.45) is 4.14. The van der Waals surface area contributed by atoms with Crippen LogP contribution < -0.4 is 0 Å². The molecule has 2 aromatic rings. The van der Waals surface area contributed by atoms with Gasteiger partial charge in [-0.25, -0.2) is 4.79 Å². The Kier molecular flexibility index (Phi) is 3.18. The molecule has 0 bridgehead atoms. The van der Waals surface area contributed by atoms with Gasteiger partial charge in [0, 0.05) is 23.6 Å². The van der Waals surface area contributed by atoms with E-state index in [9.17, 15) is 4.79 Å². The SMILES string of the molecule is CCCn1cc(CC)c2cc(C(=O)O)ccc21. The largest absolute Gasteiger partial charge is 0.478 e. The number of rotatable bonds is 4. The molecule has 17 heavy (non-hydrogen) atoms. The number of aromatic carboxylic acids is 1. The number of carboxylic acids is 1.